The summed E-state index contributed by atoms with van der Waals surface area (Å²) in [6, 6.07) is 0. The Labute approximate surface area is 130 Å². The molecule has 7 nitrogen and oxygen atoms in total. The first-order chi connectivity index (χ1) is 10.8. The van der Waals surface area contributed by atoms with E-state index in [-0.39, 0.29) is 24.7 Å². The van der Waals surface area contributed by atoms with Gasteiger partial charge in [0.2, 0.25) is 5.91 Å². The van der Waals surface area contributed by atoms with E-state index in [1.807, 2.05) is 10.9 Å². The number of rotatable bonds is 6. The lowest BCUT2D eigenvalue weighted by Gasteiger charge is -2.22. The Morgan fingerprint density at radius 3 is 3.09 bits per heavy atom. The van der Waals surface area contributed by atoms with Crippen molar-refractivity contribution < 1.29 is 14.3 Å². The zero-order valence-corrected chi connectivity index (χ0v) is 12.8. The zero-order valence-electron chi connectivity index (χ0n) is 12.8. The van der Waals surface area contributed by atoms with Gasteiger partial charge in [0.25, 0.3) is 0 Å². The monoisotopic (exact) mass is 308 g/mol. The summed E-state index contributed by atoms with van der Waals surface area (Å²) in [5.41, 5.74) is 0.705. The van der Waals surface area contributed by atoms with E-state index < -0.39 is 0 Å². The van der Waals surface area contributed by atoms with Crippen molar-refractivity contribution in [1.82, 2.24) is 15.1 Å². The van der Waals surface area contributed by atoms with Gasteiger partial charge < -0.3 is 20.1 Å². The second kappa shape index (κ2) is 7.71. The number of carbonyl (C=O) groups excluding carboxylic acids is 1. The number of aromatic nitrogens is 2. The molecular formula is C15H24N4O3. The average Bonchev–Trinajstić information content (AvgIpc) is 3.19. The van der Waals surface area contributed by atoms with Gasteiger partial charge in [-0.15, -0.1) is 0 Å². The average molecular weight is 308 g/mol. The van der Waals surface area contributed by atoms with Crippen molar-refractivity contribution in [3.05, 3.63) is 12.4 Å². The molecule has 0 aromatic carbocycles. The molecule has 2 N–H and O–H groups in total. The summed E-state index contributed by atoms with van der Waals surface area (Å²) in [7, 11) is 0. The third kappa shape index (κ3) is 4.53. The molecule has 1 aromatic heterocycles. The van der Waals surface area contributed by atoms with Crippen molar-refractivity contribution >= 4 is 11.6 Å². The van der Waals surface area contributed by atoms with Crippen molar-refractivity contribution in [2.24, 2.45) is 0 Å². The third-order valence-electron chi connectivity index (χ3n) is 4.07. The van der Waals surface area contributed by atoms with Gasteiger partial charge in [-0.1, -0.05) is 0 Å². The van der Waals surface area contributed by atoms with Crippen LogP contribution >= 0.6 is 0 Å². The number of nitrogens with zero attached hydrogens (tertiary/aromatic N) is 2. The molecule has 3 heterocycles. The molecule has 22 heavy (non-hydrogen) atoms. The maximum absolute atomic E-state index is 11.9. The van der Waals surface area contributed by atoms with Crippen LogP contribution in [-0.2, 0) is 20.8 Å². The molecule has 0 bridgehead atoms. The van der Waals surface area contributed by atoms with Crippen molar-refractivity contribution in [2.75, 3.05) is 31.6 Å². The molecular weight excluding hydrogens is 284 g/mol. The lowest BCUT2D eigenvalue weighted by Crippen LogP contribution is -2.34. The van der Waals surface area contributed by atoms with E-state index in [0.29, 0.717) is 5.69 Å². The molecule has 0 saturated carbocycles. The summed E-state index contributed by atoms with van der Waals surface area (Å²) in [6.07, 6.45) is 8.05. The number of hydrogen-bond donors (Lipinski definition) is 2. The van der Waals surface area contributed by atoms with Gasteiger partial charge in [0.15, 0.2) is 0 Å². The summed E-state index contributed by atoms with van der Waals surface area (Å²) in [6.45, 7) is 3.59. The topological polar surface area (TPSA) is 77.4 Å². The van der Waals surface area contributed by atoms with E-state index in [9.17, 15) is 4.79 Å². The molecule has 0 radical (unpaired) electrons. The van der Waals surface area contributed by atoms with Crippen LogP contribution in [0.5, 0.6) is 0 Å². The number of amides is 1. The fraction of sp³-hybridized carbons (Fsp3) is 0.733. The summed E-state index contributed by atoms with van der Waals surface area (Å²) >= 11 is 0. The minimum atomic E-state index is -0.129. The Morgan fingerprint density at radius 2 is 2.32 bits per heavy atom. The van der Waals surface area contributed by atoms with Crippen LogP contribution in [0.25, 0.3) is 0 Å². The minimum Gasteiger partial charge on any atom is -0.376 e. The first kappa shape index (κ1) is 15.5. The summed E-state index contributed by atoms with van der Waals surface area (Å²) in [5.74, 6) is -0.129. The third-order valence-corrected chi connectivity index (χ3v) is 4.07. The number of carbonyl (C=O) groups is 1. The first-order valence-corrected chi connectivity index (χ1v) is 8.06. The maximum Gasteiger partial charge on any atom is 0.250 e. The lowest BCUT2D eigenvalue weighted by atomic mass is 10.1. The summed E-state index contributed by atoms with van der Waals surface area (Å²) < 4.78 is 13.0. The van der Waals surface area contributed by atoms with Gasteiger partial charge in [-0.3, -0.25) is 9.48 Å². The molecule has 2 fully saturated rings. The summed E-state index contributed by atoms with van der Waals surface area (Å²) in [5, 5.41) is 10.4. The Balaban J connectivity index is 1.40. The zero-order chi connectivity index (χ0) is 15.2. The van der Waals surface area contributed by atoms with Gasteiger partial charge in [-0.25, -0.2) is 0 Å². The molecule has 1 aromatic rings. The second-order valence-corrected chi connectivity index (χ2v) is 5.89. The molecule has 1 amide bonds. The van der Waals surface area contributed by atoms with E-state index in [1.54, 1.807) is 6.20 Å². The van der Waals surface area contributed by atoms with E-state index in [4.69, 9.17) is 9.47 Å². The van der Waals surface area contributed by atoms with Gasteiger partial charge in [-0.2, -0.15) is 5.10 Å². The van der Waals surface area contributed by atoms with E-state index in [0.717, 1.165) is 51.9 Å². The van der Waals surface area contributed by atoms with E-state index >= 15 is 0 Å². The highest BCUT2D eigenvalue weighted by Gasteiger charge is 2.17. The van der Waals surface area contributed by atoms with Gasteiger partial charge in [0, 0.05) is 12.8 Å². The number of hydrogen-bond acceptors (Lipinski definition) is 5. The molecule has 1 atom stereocenters. The van der Waals surface area contributed by atoms with Crippen LogP contribution in [0.1, 0.15) is 25.7 Å². The number of nitrogens with one attached hydrogen (secondary N) is 2. The molecule has 7 heteroatoms. The fourth-order valence-electron chi connectivity index (χ4n) is 2.88. The quantitative estimate of drug-likeness (QED) is 0.812. The highest BCUT2D eigenvalue weighted by Crippen LogP contribution is 2.15. The Hall–Kier alpha value is -1.44. The largest absolute Gasteiger partial charge is 0.376 e. The van der Waals surface area contributed by atoms with Gasteiger partial charge >= 0.3 is 0 Å². The predicted octanol–water partition coefficient (Wildman–Crippen LogP) is 0.769. The minimum absolute atomic E-state index is 0.0988. The van der Waals surface area contributed by atoms with Crippen LogP contribution in [-0.4, -0.2) is 54.2 Å². The van der Waals surface area contributed by atoms with Gasteiger partial charge in [0.05, 0.1) is 30.6 Å². The Bertz CT molecular complexity index is 479. The molecule has 3 rings (SSSR count). The van der Waals surface area contributed by atoms with Crippen LogP contribution in [0, 0.1) is 0 Å². The van der Waals surface area contributed by atoms with Crippen LogP contribution in [0.4, 0.5) is 5.69 Å². The molecule has 2 aliphatic rings. The molecule has 2 aliphatic heterocycles. The van der Waals surface area contributed by atoms with Crippen LogP contribution in [0.3, 0.4) is 0 Å². The highest BCUT2D eigenvalue weighted by atomic mass is 16.5. The van der Waals surface area contributed by atoms with E-state index in [1.165, 1.54) is 0 Å². The van der Waals surface area contributed by atoms with Crippen molar-refractivity contribution in [1.29, 1.82) is 0 Å². The molecule has 122 valence electrons. The predicted molar refractivity (Wildman–Crippen MR) is 81.7 cm³/mol. The van der Waals surface area contributed by atoms with Crippen LogP contribution in [0.2, 0.25) is 0 Å². The van der Waals surface area contributed by atoms with Crippen molar-refractivity contribution in [2.45, 2.75) is 44.4 Å². The Kier molecular flexibility index (Phi) is 5.42. The molecule has 0 spiro atoms. The Morgan fingerprint density at radius 1 is 1.45 bits per heavy atom. The fourth-order valence-corrected chi connectivity index (χ4v) is 2.88. The highest BCUT2D eigenvalue weighted by molar-refractivity contribution is 5.91. The SMILES string of the molecule is O=C(COC1CCNCC1)Nc1cnn(CC2CCCO2)c1. The summed E-state index contributed by atoms with van der Waals surface area (Å²) in [4.78, 5) is 11.9. The lowest BCUT2D eigenvalue weighted by molar-refractivity contribution is -0.123. The number of piperidine rings is 1. The second-order valence-electron chi connectivity index (χ2n) is 5.89. The standard InChI is InChI=1S/C15H24N4O3/c20-15(11-22-13-3-5-16-6-4-13)18-12-8-17-19(9-12)10-14-2-1-7-21-14/h8-9,13-14,16H,1-7,10-11H2,(H,18,20). The first-order valence-electron chi connectivity index (χ1n) is 8.06. The number of anilines is 1. The maximum atomic E-state index is 11.9. The van der Waals surface area contributed by atoms with Crippen LogP contribution < -0.4 is 10.6 Å². The van der Waals surface area contributed by atoms with Crippen molar-refractivity contribution in [3.8, 4) is 0 Å². The molecule has 0 aliphatic carbocycles. The smallest absolute Gasteiger partial charge is 0.250 e. The van der Waals surface area contributed by atoms with E-state index in [2.05, 4.69) is 15.7 Å². The molecule has 1 unspecified atom stereocenters. The van der Waals surface area contributed by atoms with Gasteiger partial charge in [0.1, 0.15) is 6.61 Å². The molecule has 2 saturated heterocycles. The van der Waals surface area contributed by atoms with Crippen molar-refractivity contribution in [3.63, 3.8) is 0 Å². The van der Waals surface area contributed by atoms with Gasteiger partial charge in [-0.05, 0) is 38.8 Å². The normalized spacial score (nSPS) is 22.8. The number of ether oxygens (including phenoxy) is 2. The van der Waals surface area contributed by atoms with Crippen LogP contribution in [0.15, 0.2) is 12.4 Å².